The minimum atomic E-state index is -0.804. The molecule has 0 aliphatic carbocycles. The van der Waals surface area contributed by atoms with Gasteiger partial charge in [0.25, 0.3) is 0 Å². The summed E-state index contributed by atoms with van der Waals surface area (Å²) in [5.41, 5.74) is 0. The van der Waals surface area contributed by atoms with E-state index in [1.54, 1.807) is 0 Å². The van der Waals surface area contributed by atoms with E-state index in [-0.39, 0.29) is 96.2 Å². The lowest BCUT2D eigenvalue weighted by atomic mass is 11.0. The average Bonchev–Trinajstić information content (AvgIpc) is 3.02. The third-order valence-corrected chi connectivity index (χ3v) is 1.02. The fraction of sp³-hybridized carbons (Fsp3) is 1.00. The molecule has 0 aromatic heterocycles. The van der Waals surface area contributed by atoms with Crippen LogP contribution in [0.4, 0.5) is 0 Å². The minimum Gasteiger partial charge on any atom is -0.390 e. The van der Waals surface area contributed by atoms with Crippen molar-refractivity contribution in [1.29, 1.82) is 0 Å². The van der Waals surface area contributed by atoms with Gasteiger partial charge in [-0.25, -0.2) is 5.26 Å². The molecular weight excluding hydrogens is 342 g/mol. The molecule has 0 radical (unpaired) electrons. The van der Waals surface area contributed by atoms with Crippen molar-refractivity contribution in [2.24, 2.45) is 0 Å². The number of aliphatic hydroxyl groups excluding tert-OH is 2. The summed E-state index contributed by atoms with van der Waals surface area (Å²) < 4.78 is 11.9. The van der Waals surface area contributed by atoms with Crippen LogP contribution in [0.2, 0.25) is 0 Å². The van der Waals surface area contributed by atoms with Crippen molar-refractivity contribution in [1.82, 2.24) is 0 Å². The van der Waals surface area contributed by atoms with Gasteiger partial charge < -0.3 is 24.4 Å². The standard InChI is InChI=1S/C2H7O3P.C2H4O.10CH4.H3O3P/c3-1-5-6-2-4;1-2-3-1;;;;;;;;;;;1-3-4-2/h3-4,6H,1-2H2;1-2H2;10*1H4;1-2,4H. The Labute approximate surface area is 153 Å². The van der Waals surface area contributed by atoms with Gasteiger partial charge in [0.05, 0.1) is 19.6 Å². The predicted octanol–water partition coefficient (Wildman–Crippen LogP) is 5.85. The quantitative estimate of drug-likeness (QED) is 0.118. The molecule has 1 aliphatic rings. The van der Waals surface area contributed by atoms with Gasteiger partial charge >= 0.3 is 0 Å². The zero-order chi connectivity index (χ0) is 10.4. The van der Waals surface area contributed by atoms with Crippen LogP contribution in [-0.4, -0.2) is 46.7 Å². The number of ether oxygens (including phenoxy) is 1. The maximum atomic E-state index is 7.97. The van der Waals surface area contributed by atoms with E-state index >= 15 is 0 Å². The van der Waals surface area contributed by atoms with Crippen LogP contribution in [0, 0.1) is 0 Å². The largest absolute Gasteiger partial charge is 0.390 e. The van der Waals surface area contributed by atoms with Crippen molar-refractivity contribution in [2.75, 3.05) is 26.4 Å². The fourth-order valence-electron chi connectivity index (χ4n) is 0.0913. The fourth-order valence-corrected chi connectivity index (χ4v) is 0.274. The molecule has 23 heavy (non-hydrogen) atoms. The van der Waals surface area contributed by atoms with Crippen LogP contribution in [0.1, 0.15) is 74.3 Å². The molecule has 1 heterocycles. The Bertz CT molecular complexity index is 75.4. The average molecular weight is 397 g/mol. The maximum Gasteiger partial charge on any atom is 0.191 e. The highest BCUT2D eigenvalue weighted by atomic mass is 31.1. The number of epoxide rings is 1. The Kier molecular flexibility index (Phi) is 447. The van der Waals surface area contributed by atoms with Crippen molar-refractivity contribution < 1.29 is 34.3 Å². The zero-order valence-corrected chi connectivity index (χ0v) is 8.84. The summed E-state index contributed by atoms with van der Waals surface area (Å²) in [6.07, 6.45) is 0.000556. The number of rotatable bonds is 4. The molecule has 4 N–H and O–H groups in total. The van der Waals surface area contributed by atoms with E-state index in [2.05, 4.69) is 13.9 Å². The first-order chi connectivity index (χ1) is 6.33. The maximum absolute atomic E-state index is 7.97. The number of aliphatic hydroxyl groups is 2. The smallest absolute Gasteiger partial charge is 0.191 e. The van der Waals surface area contributed by atoms with Crippen LogP contribution in [0.5, 0.6) is 0 Å². The first kappa shape index (κ1) is 89.7. The molecule has 2 atom stereocenters. The van der Waals surface area contributed by atoms with Crippen molar-refractivity contribution in [2.45, 2.75) is 74.3 Å². The van der Waals surface area contributed by atoms with E-state index in [4.69, 9.17) is 20.4 Å². The van der Waals surface area contributed by atoms with Gasteiger partial charge in [-0.3, -0.25) is 0 Å². The third kappa shape index (κ3) is 307. The summed E-state index contributed by atoms with van der Waals surface area (Å²) in [4.78, 5) is 7.43. The van der Waals surface area contributed by atoms with Gasteiger partial charge in [0.1, 0.15) is 6.79 Å². The Morgan fingerprint density at radius 1 is 0.783 bits per heavy atom. The van der Waals surface area contributed by atoms with Gasteiger partial charge in [-0.15, -0.1) is 0 Å². The first-order valence-electron chi connectivity index (χ1n) is 3.17. The minimum absolute atomic E-state index is 0. The highest BCUT2D eigenvalue weighted by Gasteiger charge is 1.94. The van der Waals surface area contributed by atoms with Gasteiger partial charge in [0.2, 0.25) is 0 Å². The first-order valence-corrected chi connectivity index (χ1v) is 5.14. The van der Waals surface area contributed by atoms with Crippen molar-refractivity contribution >= 4 is 17.8 Å². The van der Waals surface area contributed by atoms with E-state index < -0.39 is 9.03 Å². The summed E-state index contributed by atoms with van der Waals surface area (Å²) in [6.45, 7) is 1.71. The van der Waals surface area contributed by atoms with E-state index in [9.17, 15) is 0 Å². The van der Waals surface area contributed by atoms with Crippen molar-refractivity contribution in [3.63, 3.8) is 0 Å². The molecule has 2 unspecified atom stereocenters. The lowest BCUT2D eigenvalue weighted by Crippen LogP contribution is -1.79. The van der Waals surface area contributed by atoms with E-state index in [1.165, 1.54) is 0 Å². The molecule has 0 saturated carbocycles. The second-order valence-electron chi connectivity index (χ2n) is 1.37. The number of hydrogen-bond donors (Lipinski definition) is 4. The summed E-state index contributed by atoms with van der Waals surface area (Å²) >= 11 is 0. The van der Waals surface area contributed by atoms with Gasteiger partial charge in [-0.1, -0.05) is 74.3 Å². The Morgan fingerprint density at radius 3 is 1.09 bits per heavy atom. The van der Waals surface area contributed by atoms with Gasteiger partial charge in [-0.05, 0) is 0 Å². The van der Waals surface area contributed by atoms with Gasteiger partial charge in [0, 0.05) is 8.81 Å². The lowest BCUT2D eigenvalue weighted by molar-refractivity contribution is -0.130. The van der Waals surface area contributed by atoms with Gasteiger partial charge in [-0.2, -0.15) is 4.67 Å². The molecular formula is C14H54O7P2. The second kappa shape index (κ2) is 115. The van der Waals surface area contributed by atoms with Gasteiger partial charge in [0.15, 0.2) is 9.03 Å². The molecule has 0 amide bonds. The summed E-state index contributed by atoms with van der Waals surface area (Å²) in [7, 11) is -0.784. The highest BCUT2D eigenvalue weighted by Crippen LogP contribution is 2.05. The lowest BCUT2D eigenvalue weighted by Gasteiger charge is -1.90. The van der Waals surface area contributed by atoms with Crippen LogP contribution >= 0.6 is 17.8 Å². The topological polar surface area (TPSA) is 112 Å². The molecule has 0 bridgehead atoms. The van der Waals surface area contributed by atoms with E-state index in [0.29, 0.717) is 0 Å². The molecule has 1 fully saturated rings. The van der Waals surface area contributed by atoms with E-state index in [0.717, 1.165) is 13.2 Å². The monoisotopic (exact) mass is 396 g/mol. The summed E-state index contributed by atoms with van der Waals surface area (Å²) in [5, 5.41) is 23.0. The Hall–Kier alpha value is 0.580. The van der Waals surface area contributed by atoms with Crippen LogP contribution in [-0.2, 0) is 13.9 Å². The molecule has 1 rings (SSSR count). The molecule has 0 aromatic rings. The second-order valence-corrected chi connectivity index (χ2v) is 2.63. The summed E-state index contributed by atoms with van der Waals surface area (Å²) in [6, 6.07) is 0. The predicted molar refractivity (Wildman–Crippen MR) is 116 cm³/mol. The molecule has 9 heteroatoms. The van der Waals surface area contributed by atoms with E-state index in [1.807, 2.05) is 0 Å². The highest BCUT2D eigenvalue weighted by molar-refractivity contribution is 7.31. The van der Waals surface area contributed by atoms with Crippen LogP contribution in [0.3, 0.4) is 0 Å². The Balaban J connectivity index is -0.00000000662. The molecule has 1 saturated heterocycles. The Morgan fingerprint density at radius 2 is 1.04 bits per heavy atom. The zero-order valence-electron chi connectivity index (χ0n) is 6.84. The number of hydrogen-bond acceptors (Lipinski definition) is 7. The molecule has 7 nitrogen and oxygen atoms in total. The third-order valence-electron chi connectivity index (χ3n) is 0.476. The normalized spacial score (nSPS) is 7.83. The van der Waals surface area contributed by atoms with Crippen LogP contribution in [0.25, 0.3) is 0 Å². The molecule has 0 spiro atoms. The molecule has 162 valence electrons. The summed E-state index contributed by atoms with van der Waals surface area (Å²) in [5.74, 6) is 0. The molecule has 1 aliphatic heterocycles. The van der Waals surface area contributed by atoms with Crippen LogP contribution < -0.4 is 0 Å². The van der Waals surface area contributed by atoms with Crippen molar-refractivity contribution in [3.8, 4) is 0 Å². The van der Waals surface area contributed by atoms with Crippen molar-refractivity contribution in [3.05, 3.63) is 0 Å². The molecule has 0 aromatic carbocycles. The SMILES string of the molecule is C.C.C.C.C.C.C.C.C.C.C1CO1.OCOPCO.OOPO. The van der Waals surface area contributed by atoms with Crippen LogP contribution in [0.15, 0.2) is 0 Å².